The van der Waals surface area contributed by atoms with Gasteiger partial charge in [0, 0.05) is 17.1 Å². The highest BCUT2D eigenvalue weighted by Crippen LogP contribution is 2.35. The number of hydrogen-bond acceptors (Lipinski definition) is 2. The van der Waals surface area contributed by atoms with E-state index in [-0.39, 0.29) is 16.0 Å². The molecule has 19 heavy (non-hydrogen) atoms. The van der Waals surface area contributed by atoms with Gasteiger partial charge in [-0.25, -0.2) is 8.42 Å². The minimum Gasteiger partial charge on any atom is -0.207 e. The second-order valence-corrected chi connectivity index (χ2v) is 8.19. The van der Waals surface area contributed by atoms with Crippen LogP contribution in [0.5, 0.6) is 0 Å². The summed E-state index contributed by atoms with van der Waals surface area (Å²) in [4.78, 5) is 0.0797. The maximum absolute atomic E-state index is 12.6. The van der Waals surface area contributed by atoms with Crippen LogP contribution in [0.3, 0.4) is 0 Å². The molecule has 1 aromatic carbocycles. The molecule has 0 amide bonds. The maximum Gasteiger partial charge on any atom is 0.244 e. The SMILES string of the molecule is CC1CCCCN1S(=O)(=O)c1cc(Cl)c(Br)cc1Cl. The van der Waals surface area contributed by atoms with Crippen LogP contribution < -0.4 is 0 Å². The fraction of sp³-hybridized carbons (Fsp3) is 0.500. The van der Waals surface area contributed by atoms with Crippen LogP contribution in [0, 0.1) is 0 Å². The molecule has 1 heterocycles. The van der Waals surface area contributed by atoms with E-state index in [1.165, 1.54) is 16.4 Å². The Morgan fingerprint density at radius 3 is 2.58 bits per heavy atom. The van der Waals surface area contributed by atoms with E-state index < -0.39 is 10.0 Å². The van der Waals surface area contributed by atoms with E-state index in [0.29, 0.717) is 16.0 Å². The van der Waals surface area contributed by atoms with Crippen LogP contribution in [0.25, 0.3) is 0 Å². The Hall–Kier alpha value is 0.190. The van der Waals surface area contributed by atoms with Crippen LogP contribution in [0.15, 0.2) is 21.5 Å². The van der Waals surface area contributed by atoms with Crippen molar-refractivity contribution in [2.75, 3.05) is 6.54 Å². The van der Waals surface area contributed by atoms with E-state index in [1.54, 1.807) is 0 Å². The highest BCUT2D eigenvalue weighted by atomic mass is 79.9. The van der Waals surface area contributed by atoms with Crippen LogP contribution >= 0.6 is 39.1 Å². The third-order valence-electron chi connectivity index (χ3n) is 3.30. The molecule has 106 valence electrons. The standard InChI is InChI=1S/C12H14BrCl2NO2S/c1-8-4-2-3-5-16(8)19(17,18)12-7-10(14)9(13)6-11(12)15/h6-8H,2-5H2,1H3. The fourth-order valence-electron chi connectivity index (χ4n) is 2.26. The summed E-state index contributed by atoms with van der Waals surface area (Å²) in [6.07, 6.45) is 2.81. The van der Waals surface area contributed by atoms with E-state index in [1.807, 2.05) is 6.92 Å². The molecule has 2 rings (SSSR count). The molecule has 1 atom stereocenters. The monoisotopic (exact) mass is 385 g/mol. The molecule has 3 nitrogen and oxygen atoms in total. The molecule has 0 N–H and O–H groups in total. The summed E-state index contributed by atoms with van der Waals surface area (Å²) in [5.74, 6) is 0. The average Bonchev–Trinajstić information content (AvgIpc) is 2.34. The highest BCUT2D eigenvalue weighted by Gasteiger charge is 2.32. The smallest absolute Gasteiger partial charge is 0.207 e. The third-order valence-corrected chi connectivity index (χ3v) is 6.98. The summed E-state index contributed by atoms with van der Waals surface area (Å²) in [7, 11) is -3.59. The van der Waals surface area contributed by atoms with Gasteiger partial charge in [-0.3, -0.25) is 0 Å². The van der Waals surface area contributed by atoms with Crippen LogP contribution in [0.2, 0.25) is 10.0 Å². The second-order valence-electron chi connectivity index (χ2n) is 4.66. The van der Waals surface area contributed by atoms with E-state index in [2.05, 4.69) is 15.9 Å². The molecule has 0 aromatic heterocycles. The third kappa shape index (κ3) is 3.10. The normalized spacial score (nSPS) is 21.6. The van der Waals surface area contributed by atoms with Crippen molar-refractivity contribution in [1.82, 2.24) is 4.31 Å². The molecule has 1 fully saturated rings. The zero-order chi connectivity index (χ0) is 14.2. The van der Waals surface area contributed by atoms with Crippen molar-refractivity contribution in [1.29, 1.82) is 0 Å². The highest BCUT2D eigenvalue weighted by molar-refractivity contribution is 9.10. The summed E-state index contributed by atoms with van der Waals surface area (Å²) >= 11 is 15.3. The number of sulfonamides is 1. The van der Waals surface area contributed by atoms with Gasteiger partial charge in [0.1, 0.15) is 4.90 Å². The van der Waals surface area contributed by atoms with Gasteiger partial charge in [0.2, 0.25) is 10.0 Å². The van der Waals surface area contributed by atoms with Crippen LogP contribution in [-0.4, -0.2) is 25.3 Å². The van der Waals surface area contributed by atoms with Crippen molar-refractivity contribution >= 4 is 49.2 Å². The molecular formula is C12H14BrCl2NO2S. The van der Waals surface area contributed by atoms with Gasteiger partial charge in [-0.15, -0.1) is 0 Å². The summed E-state index contributed by atoms with van der Waals surface area (Å²) < 4.78 is 27.4. The first-order valence-electron chi connectivity index (χ1n) is 6.00. The first kappa shape index (κ1) is 15.6. The molecule has 0 aliphatic carbocycles. The summed E-state index contributed by atoms with van der Waals surface area (Å²) in [6.45, 7) is 2.46. The van der Waals surface area contributed by atoms with Gasteiger partial charge in [0.05, 0.1) is 10.0 Å². The first-order chi connectivity index (χ1) is 8.84. The first-order valence-corrected chi connectivity index (χ1v) is 8.99. The lowest BCUT2D eigenvalue weighted by Crippen LogP contribution is -2.42. The molecule has 0 bridgehead atoms. The Morgan fingerprint density at radius 2 is 1.95 bits per heavy atom. The molecule has 1 aliphatic rings. The molecular weight excluding hydrogens is 373 g/mol. The fourth-order valence-corrected chi connectivity index (χ4v) is 5.19. The van der Waals surface area contributed by atoms with Crippen molar-refractivity contribution in [2.24, 2.45) is 0 Å². The molecule has 1 aliphatic heterocycles. The van der Waals surface area contributed by atoms with Crippen molar-refractivity contribution in [3.8, 4) is 0 Å². The van der Waals surface area contributed by atoms with Gasteiger partial charge in [0.25, 0.3) is 0 Å². The lowest BCUT2D eigenvalue weighted by atomic mass is 10.1. The number of benzene rings is 1. The van der Waals surface area contributed by atoms with Crippen molar-refractivity contribution < 1.29 is 8.42 Å². The van der Waals surface area contributed by atoms with Gasteiger partial charge in [0.15, 0.2) is 0 Å². The molecule has 0 saturated carbocycles. The predicted octanol–water partition coefficient (Wildman–Crippen LogP) is 4.32. The Morgan fingerprint density at radius 1 is 1.26 bits per heavy atom. The second kappa shape index (κ2) is 5.90. The van der Waals surface area contributed by atoms with Gasteiger partial charge in [-0.2, -0.15) is 4.31 Å². The summed E-state index contributed by atoms with van der Waals surface area (Å²) in [5.41, 5.74) is 0. The van der Waals surface area contributed by atoms with Gasteiger partial charge in [-0.1, -0.05) is 29.6 Å². The number of piperidine rings is 1. The van der Waals surface area contributed by atoms with E-state index in [0.717, 1.165) is 19.3 Å². The number of halogens is 3. The molecule has 7 heteroatoms. The molecule has 1 unspecified atom stereocenters. The Kier molecular flexibility index (Phi) is 4.83. The average molecular weight is 387 g/mol. The van der Waals surface area contributed by atoms with E-state index >= 15 is 0 Å². The van der Waals surface area contributed by atoms with Crippen LogP contribution in [0.4, 0.5) is 0 Å². The molecule has 0 spiro atoms. The maximum atomic E-state index is 12.6. The minimum atomic E-state index is -3.59. The minimum absolute atomic E-state index is 0.00256. The quantitative estimate of drug-likeness (QED) is 0.709. The van der Waals surface area contributed by atoms with Gasteiger partial charge >= 0.3 is 0 Å². The van der Waals surface area contributed by atoms with Crippen molar-refractivity contribution in [2.45, 2.75) is 37.1 Å². The molecule has 0 radical (unpaired) electrons. The molecule has 1 saturated heterocycles. The van der Waals surface area contributed by atoms with Crippen molar-refractivity contribution in [3.63, 3.8) is 0 Å². The zero-order valence-electron chi connectivity index (χ0n) is 10.4. The van der Waals surface area contributed by atoms with Crippen LogP contribution in [-0.2, 0) is 10.0 Å². The zero-order valence-corrected chi connectivity index (χ0v) is 14.3. The van der Waals surface area contributed by atoms with E-state index in [9.17, 15) is 8.42 Å². The number of nitrogens with zero attached hydrogens (tertiary/aromatic N) is 1. The van der Waals surface area contributed by atoms with Gasteiger partial charge in [-0.05, 0) is 47.8 Å². The number of rotatable bonds is 2. The van der Waals surface area contributed by atoms with Gasteiger partial charge < -0.3 is 0 Å². The summed E-state index contributed by atoms with van der Waals surface area (Å²) in [6, 6.07) is 2.92. The van der Waals surface area contributed by atoms with Crippen molar-refractivity contribution in [3.05, 3.63) is 26.7 Å². The summed E-state index contributed by atoms with van der Waals surface area (Å²) in [5, 5.41) is 0.529. The number of hydrogen-bond donors (Lipinski definition) is 0. The van der Waals surface area contributed by atoms with E-state index in [4.69, 9.17) is 23.2 Å². The topological polar surface area (TPSA) is 37.4 Å². The lowest BCUT2D eigenvalue weighted by molar-refractivity contribution is 0.268. The largest absolute Gasteiger partial charge is 0.244 e. The lowest BCUT2D eigenvalue weighted by Gasteiger charge is -2.32. The Bertz CT molecular complexity index is 592. The molecule has 1 aromatic rings. The van der Waals surface area contributed by atoms with Crippen LogP contribution in [0.1, 0.15) is 26.2 Å². The predicted molar refractivity (Wildman–Crippen MR) is 81.4 cm³/mol. The Balaban J connectivity index is 2.47. The Labute approximate surface area is 132 Å².